The Hall–Kier alpha value is -4.13. The average molecular weight is 441 g/mol. The van der Waals surface area contributed by atoms with Crippen LogP contribution in [0.4, 0.5) is 11.4 Å². The number of carbonyl (C=O) groups excluding carboxylic acids is 2. The van der Waals surface area contributed by atoms with Crippen LogP contribution in [0.1, 0.15) is 28.9 Å². The molecule has 1 saturated carbocycles. The first kappa shape index (κ1) is 20.8. The van der Waals surface area contributed by atoms with Crippen LogP contribution in [0.15, 0.2) is 71.5 Å². The van der Waals surface area contributed by atoms with E-state index in [1.54, 1.807) is 24.7 Å². The van der Waals surface area contributed by atoms with Crippen molar-refractivity contribution < 1.29 is 9.59 Å². The summed E-state index contributed by atoms with van der Waals surface area (Å²) in [5, 5.41) is 7.51. The van der Waals surface area contributed by atoms with Crippen LogP contribution in [0.3, 0.4) is 0 Å². The molecule has 1 aliphatic rings. The van der Waals surface area contributed by atoms with E-state index in [9.17, 15) is 14.4 Å². The first-order chi connectivity index (χ1) is 15.9. The number of hydrogen-bond acceptors (Lipinski definition) is 3. The number of nitrogens with one attached hydrogen (secondary N) is 2. The van der Waals surface area contributed by atoms with E-state index in [0.717, 1.165) is 23.6 Å². The molecule has 2 N–H and O–H groups in total. The first-order valence-corrected chi connectivity index (χ1v) is 10.9. The zero-order chi connectivity index (χ0) is 23.1. The molecule has 1 heterocycles. The lowest BCUT2D eigenvalue weighted by Gasteiger charge is -2.13. The predicted octanol–water partition coefficient (Wildman–Crippen LogP) is 4.24. The zero-order valence-corrected chi connectivity index (χ0v) is 18.5. The van der Waals surface area contributed by atoms with Crippen molar-refractivity contribution in [1.29, 1.82) is 0 Å². The third-order valence-electron chi connectivity index (χ3n) is 6.13. The molecule has 33 heavy (non-hydrogen) atoms. The van der Waals surface area contributed by atoms with E-state index >= 15 is 0 Å². The predicted molar refractivity (Wildman–Crippen MR) is 129 cm³/mol. The third-order valence-corrected chi connectivity index (χ3v) is 6.13. The topological polar surface area (TPSA) is 85.1 Å². The Bertz CT molecular complexity index is 1450. The van der Waals surface area contributed by atoms with Crippen molar-refractivity contribution in [2.24, 2.45) is 13.0 Å². The standard InChI is InChI=1S/C26H24N4O3/c1-16-23(26(33)30(29(16)2)20-10-4-3-5-11-20)28-25(32)21-14-18-8-6-7-9-19(18)15-22(21)27-24(31)17-12-13-17/h3-11,14-15,17H,12-13H2,1-2H3,(H,27,31)(H,28,32). The summed E-state index contributed by atoms with van der Waals surface area (Å²) in [7, 11) is 1.77. The second kappa shape index (κ2) is 8.09. The summed E-state index contributed by atoms with van der Waals surface area (Å²) >= 11 is 0. The van der Waals surface area contributed by atoms with Crippen LogP contribution in [0.2, 0.25) is 0 Å². The van der Waals surface area contributed by atoms with Gasteiger partial charge in [0.05, 0.1) is 22.6 Å². The summed E-state index contributed by atoms with van der Waals surface area (Å²) in [6, 6.07) is 20.5. The van der Waals surface area contributed by atoms with Gasteiger partial charge in [0.2, 0.25) is 5.91 Å². The molecule has 0 aliphatic heterocycles. The second-order valence-electron chi connectivity index (χ2n) is 8.40. The van der Waals surface area contributed by atoms with Gasteiger partial charge in [-0.1, -0.05) is 42.5 Å². The van der Waals surface area contributed by atoms with Crippen molar-refractivity contribution in [3.63, 3.8) is 0 Å². The van der Waals surface area contributed by atoms with E-state index in [-0.39, 0.29) is 23.1 Å². The molecule has 5 rings (SSSR count). The van der Waals surface area contributed by atoms with Crippen LogP contribution < -0.4 is 16.2 Å². The van der Waals surface area contributed by atoms with E-state index < -0.39 is 5.91 Å². The van der Waals surface area contributed by atoms with Crippen LogP contribution in [-0.4, -0.2) is 21.2 Å². The van der Waals surface area contributed by atoms with Crippen LogP contribution in [0.25, 0.3) is 16.5 Å². The number of para-hydroxylation sites is 1. The molecule has 0 unspecified atom stereocenters. The summed E-state index contributed by atoms with van der Waals surface area (Å²) < 4.78 is 3.23. The van der Waals surface area contributed by atoms with E-state index in [4.69, 9.17) is 0 Å². The highest BCUT2D eigenvalue weighted by Crippen LogP contribution is 2.32. The SMILES string of the molecule is Cc1c(NC(=O)c2cc3ccccc3cc2NC(=O)C2CC2)c(=O)n(-c2ccccc2)n1C. The fraction of sp³-hybridized carbons (Fsp3) is 0.192. The van der Waals surface area contributed by atoms with Gasteiger partial charge in [-0.25, -0.2) is 4.68 Å². The molecular weight excluding hydrogens is 416 g/mol. The van der Waals surface area contributed by atoms with Gasteiger partial charge in [0.15, 0.2) is 0 Å². The lowest BCUT2D eigenvalue weighted by atomic mass is 10.0. The molecule has 2 amide bonds. The van der Waals surface area contributed by atoms with Crippen LogP contribution >= 0.6 is 0 Å². The molecule has 1 aliphatic carbocycles. The highest BCUT2D eigenvalue weighted by Gasteiger charge is 2.30. The maximum Gasteiger partial charge on any atom is 0.295 e. The Kier molecular flexibility index (Phi) is 5.09. The molecule has 0 saturated heterocycles. The van der Waals surface area contributed by atoms with Gasteiger partial charge in [-0.2, -0.15) is 0 Å². The largest absolute Gasteiger partial charge is 0.325 e. The smallest absolute Gasteiger partial charge is 0.295 e. The maximum absolute atomic E-state index is 13.4. The molecule has 0 radical (unpaired) electrons. The Labute approximate surface area is 190 Å². The fourth-order valence-corrected chi connectivity index (χ4v) is 4.01. The third kappa shape index (κ3) is 3.82. The molecule has 0 bridgehead atoms. The second-order valence-corrected chi connectivity index (χ2v) is 8.40. The lowest BCUT2D eigenvalue weighted by molar-refractivity contribution is -0.117. The number of aromatic nitrogens is 2. The van der Waals surface area contributed by atoms with Gasteiger partial charge in [0.25, 0.3) is 11.5 Å². The summed E-state index contributed by atoms with van der Waals surface area (Å²) in [6.07, 6.45) is 1.73. The van der Waals surface area contributed by atoms with Gasteiger partial charge in [-0.15, -0.1) is 0 Å². The number of hydrogen-bond donors (Lipinski definition) is 2. The van der Waals surface area contributed by atoms with Gasteiger partial charge in [-0.3, -0.25) is 19.1 Å². The fourth-order valence-electron chi connectivity index (χ4n) is 4.01. The average Bonchev–Trinajstić information content (AvgIpc) is 3.65. The molecule has 1 aromatic heterocycles. The van der Waals surface area contributed by atoms with Gasteiger partial charge >= 0.3 is 0 Å². The number of benzene rings is 3. The van der Waals surface area contributed by atoms with Gasteiger partial charge in [0, 0.05) is 13.0 Å². The molecule has 7 heteroatoms. The van der Waals surface area contributed by atoms with Crippen molar-refractivity contribution in [3.8, 4) is 5.69 Å². The Balaban J connectivity index is 1.54. The zero-order valence-electron chi connectivity index (χ0n) is 18.5. The normalized spacial score (nSPS) is 13.2. The van der Waals surface area contributed by atoms with Crippen molar-refractivity contribution in [2.75, 3.05) is 10.6 Å². The highest BCUT2D eigenvalue weighted by atomic mass is 16.2. The number of rotatable bonds is 5. The molecule has 0 atom stereocenters. The summed E-state index contributed by atoms with van der Waals surface area (Å²) in [6.45, 7) is 1.78. The number of nitrogens with zero attached hydrogens (tertiary/aromatic N) is 2. The molecule has 1 fully saturated rings. The molecule has 166 valence electrons. The lowest BCUT2D eigenvalue weighted by Crippen LogP contribution is -2.24. The summed E-state index contributed by atoms with van der Waals surface area (Å²) in [4.78, 5) is 39.1. The minimum atomic E-state index is -0.446. The van der Waals surface area contributed by atoms with Crippen LogP contribution in [-0.2, 0) is 11.8 Å². The molecule has 3 aromatic carbocycles. The van der Waals surface area contributed by atoms with Crippen LogP contribution in [0.5, 0.6) is 0 Å². The van der Waals surface area contributed by atoms with Crippen molar-refractivity contribution in [3.05, 3.63) is 88.3 Å². The number of carbonyl (C=O) groups is 2. The van der Waals surface area contributed by atoms with E-state index in [1.165, 1.54) is 4.68 Å². The van der Waals surface area contributed by atoms with E-state index in [1.807, 2.05) is 60.7 Å². The van der Waals surface area contributed by atoms with Gasteiger partial charge in [-0.05, 0) is 54.8 Å². The minimum Gasteiger partial charge on any atom is -0.325 e. The van der Waals surface area contributed by atoms with Crippen molar-refractivity contribution in [2.45, 2.75) is 19.8 Å². The van der Waals surface area contributed by atoms with Crippen LogP contribution in [0, 0.1) is 12.8 Å². The minimum absolute atomic E-state index is 0.00169. The molecule has 0 spiro atoms. The molecular formula is C26H24N4O3. The number of amides is 2. The molecule has 4 aromatic rings. The van der Waals surface area contributed by atoms with Crippen molar-refractivity contribution in [1.82, 2.24) is 9.36 Å². The monoisotopic (exact) mass is 440 g/mol. The Morgan fingerprint density at radius 1 is 0.909 bits per heavy atom. The van der Waals surface area contributed by atoms with E-state index in [0.29, 0.717) is 22.6 Å². The van der Waals surface area contributed by atoms with E-state index in [2.05, 4.69) is 10.6 Å². The Morgan fingerprint density at radius 2 is 1.55 bits per heavy atom. The number of anilines is 2. The number of fused-ring (bicyclic) bond motifs is 1. The van der Waals surface area contributed by atoms with Gasteiger partial charge < -0.3 is 10.6 Å². The first-order valence-electron chi connectivity index (χ1n) is 10.9. The quantitative estimate of drug-likeness (QED) is 0.487. The highest BCUT2D eigenvalue weighted by molar-refractivity contribution is 6.13. The molecule has 7 nitrogen and oxygen atoms in total. The maximum atomic E-state index is 13.4. The van der Waals surface area contributed by atoms with Gasteiger partial charge in [0.1, 0.15) is 5.69 Å². The van der Waals surface area contributed by atoms with Crippen molar-refractivity contribution >= 4 is 34.0 Å². The Morgan fingerprint density at radius 3 is 2.21 bits per heavy atom. The summed E-state index contributed by atoms with van der Waals surface area (Å²) in [5.74, 6) is -0.527. The summed E-state index contributed by atoms with van der Waals surface area (Å²) in [5.41, 5.74) is 1.98.